The van der Waals surface area contributed by atoms with Crippen molar-refractivity contribution in [3.8, 4) is 0 Å². The molecule has 6 nitrogen and oxygen atoms in total. The smallest absolute Gasteiger partial charge is 0.254 e. The van der Waals surface area contributed by atoms with Gasteiger partial charge < -0.3 is 14.1 Å². The van der Waals surface area contributed by atoms with Gasteiger partial charge in [0.15, 0.2) is 0 Å². The van der Waals surface area contributed by atoms with Gasteiger partial charge in [-0.1, -0.05) is 0 Å². The zero-order valence-electron chi connectivity index (χ0n) is 13.5. The number of nitrogens with zero attached hydrogens (tertiary/aromatic N) is 3. The van der Waals surface area contributed by atoms with E-state index in [1.807, 2.05) is 17.0 Å². The Morgan fingerprint density at radius 1 is 1.25 bits per heavy atom. The zero-order valence-corrected chi connectivity index (χ0v) is 13.5. The minimum absolute atomic E-state index is 0.0653. The van der Waals surface area contributed by atoms with Gasteiger partial charge in [-0.05, 0) is 30.7 Å². The standard InChI is InChI=1S/C18H21N3O3/c22-18(14-3-6-19-7-4-14)21-9-11-24-17-5-8-20(13-16(17)21)12-15-2-1-10-23-15/h1-4,6-7,10,16-17H,5,8-9,11-13H2/t16-,17-/m1/s1. The second kappa shape index (κ2) is 6.75. The number of hydrogen-bond acceptors (Lipinski definition) is 5. The summed E-state index contributed by atoms with van der Waals surface area (Å²) in [5.74, 6) is 1.02. The summed E-state index contributed by atoms with van der Waals surface area (Å²) in [6.07, 6.45) is 6.08. The van der Waals surface area contributed by atoms with Crippen molar-refractivity contribution in [2.75, 3.05) is 26.2 Å². The molecule has 0 N–H and O–H groups in total. The molecular weight excluding hydrogens is 306 g/mol. The van der Waals surface area contributed by atoms with E-state index in [0.29, 0.717) is 18.7 Å². The number of carbonyl (C=O) groups is 1. The van der Waals surface area contributed by atoms with Gasteiger partial charge in [0.25, 0.3) is 5.91 Å². The SMILES string of the molecule is O=C(c1ccncc1)N1CCO[C@@H]2CCN(Cc3ccco3)C[C@H]21. The van der Waals surface area contributed by atoms with Crippen LogP contribution in [0.4, 0.5) is 0 Å². The molecule has 0 radical (unpaired) electrons. The van der Waals surface area contributed by atoms with Crippen LogP contribution in [0, 0.1) is 0 Å². The van der Waals surface area contributed by atoms with Crippen molar-refractivity contribution in [1.82, 2.24) is 14.8 Å². The van der Waals surface area contributed by atoms with E-state index in [9.17, 15) is 4.79 Å². The van der Waals surface area contributed by atoms with E-state index in [0.717, 1.165) is 31.8 Å². The molecule has 4 rings (SSSR count). The summed E-state index contributed by atoms with van der Waals surface area (Å²) in [5.41, 5.74) is 0.689. The van der Waals surface area contributed by atoms with Crippen molar-refractivity contribution in [3.05, 3.63) is 54.2 Å². The molecule has 2 aliphatic heterocycles. The largest absolute Gasteiger partial charge is 0.468 e. The summed E-state index contributed by atoms with van der Waals surface area (Å²) in [6.45, 7) is 3.78. The number of hydrogen-bond donors (Lipinski definition) is 0. The third kappa shape index (κ3) is 3.07. The van der Waals surface area contributed by atoms with Crippen LogP contribution < -0.4 is 0 Å². The monoisotopic (exact) mass is 327 g/mol. The van der Waals surface area contributed by atoms with E-state index in [1.54, 1.807) is 30.8 Å². The molecule has 0 saturated carbocycles. The van der Waals surface area contributed by atoms with Gasteiger partial charge in [0.1, 0.15) is 5.76 Å². The molecule has 2 fully saturated rings. The fourth-order valence-electron chi connectivity index (χ4n) is 3.62. The van der Waals surface area contributed by atoms with Crippen molar-refractivity contribution < 1.29 is 13.9 Å². The van der Waals surface area contributed by atoms with Gasteiger partial charge in [0, 0.05) is 37.6 Å². The molecule has 0 unspecified atom stereocenters. The first-order valence-electron chi connectivity index (χ1n) is 8.38. The first kappa shape index (κ1) is 15.4. The van der Waals surface area contributed by atoms with E-state index < -0.39 is 0 Å². The Balaban J connectivity index is 1.49. The van der Waals surface area contributed by atoms with Crippen LogP contribution in [0.1, 0.15) is 22.5 Å². The normalized spacial score (nSPS) is 24.6. The van der Waals surface area contributed by atoms with Crippen LogP contribution in [0.2, 0.25) is 0 Å². The van der Waals surface area contributed by atoms with Gasteiger partial charge in [0.2, 0.25) is 0 Å². The molecule has 2 aromatic heterocycles. The molecule has 0 spiro atoms. The van der Waals surface area contributed by atoms with Crippen molar-refractivity contribution in [2.24, 2.45) is 0 Å². The highest BCUT2D eigenvalue weighted by molar-refractivity contribution is 5.94. The van der Waals surface area contributed by atoms with E-state index in [-0.39, 0.29) is 18.1 Å². The lowest BCUT2D eigenvalue weighted by molar-refractivity contribution is -0.0920. The number of amides is 1. The summed E-state index contributed by atoms with van der Waals surface area (Å²) >= 11 is 0. The van der Waals surface area contributed by atoms with Gasteiger partial charge in [-0.15, -0.1) is 0 Å². The van der Waals surface area contributed by atoms with Crippen LogP contribution in [-0.4, -0.2) is 59.1 Å². The van der Waals surface area contributed by atoms with E-state index in [4.69, 9.17) is 9.15 Å². The first-order valence-corrected chi connectivity index (χ1v) is 8.38. The van der Waals surface area contributed by atoms with E-state index in [2.05, 4.69) is 9.88 Å². The predicted molar refractivity (Wildman–Crippen MR) is 87.4 cm³/mol. The van der Waals surface area contributed by atoms with Gasteiger partial charge in [-0.25, -0.2) is 0 Å². The summed E-state index contributed by atoms with van der Waals surface area (Å²) < 4.78 is 11.4. The maximum atomic E-state index is 12.9. The molecule has 1 amide bonds. The fraction of sp³-hybridized carbons (Fsp3) is 0.444. The number of rotatable bonds is 3. The number of carbonyl (C=O) groups excluding carboxylic acids is 1. The fourth-order valence-corrected chi connectivity index (χ4v) is 3.62. The summed E-state index contributed by atoms with van der Waals surface area (Å²) in [7, 11) is 0. The Morgan fingerprint density at radius 2 is 2.12 bits per heavy atom. The second-order valence-corrected chi connectivity index (χ2v) is 6.31. The van der Waals surface area contributed by atoms with Crippen LogP contribution in [-0.2, 0) is 11.3 Å². The lowest BCUT2D eigenvalue weighted by Gasteiger charge is -2.47. The average molecular weight is 327 g/mol. The number of ether oxygens (including phenoxy) is 1. The number of aromatic nitrogens is 1. The minimum atomic E-state index is 0.0653. The molecule has 6 heteroatoms. The van der Waals surface area contributed by atoms with Crippen molar-refractivity contribution in [3.63, 3.8) is 0 Å². The topological polar surface area (TPSA) is 58.8 Å². The Bertz CT molecular complexity index is 674. The summed E-state index contributed by atoms with van der Waals surface area (Å²) in [4.78, 5) is 21.2. The Morgan fingerprint density at radius 3 is 2.92 bits per heavy atom. The summed E-state index contributed by atoms with van der Waals surface area (Å²) in [5, 5.41) is 0. The highest BCUT2D eigenvalue weighted by Crippen LogP contribution is 2.25. The van der Waals surface area contributed by atoms with Crippen molar-refractivity contribution >= 4 is 5.91 Å². The Kier molecular flexibility index (Phi) is 4.32. The lowest BCUT2D eigenvalue weighted by Crippen LogP contribution is -2.61. The number of morpholine rings is 1. The van der Waals surface area contributed by atoms with Gasteiger partial charge >= 0.3 is 0 Å². The van der Waals surface area contributed by atoms with Gasteiger partial charge in [-0.2, -0.15) is 0 Å². The van der Waals surface area contributed by atoms with Crippen molar-refractivity contribution in [1.29, 1.82) is 0 Å². The minimum Gasteiger partial charge on any atom is -0.468 e. The Hall–Kier alpha value is -2.18. The molecule has 2 aliphatic rings. The number of pyridine rings is 1. The molecule has 4 heterocycles. The molecule has 0 bridgehead atoms. The molecule has 0 aliphatic carbocycles. The number of furan rings is 1. The van der Waals surface area contributed by atoms with Crippen LogP contribution in [0.5, 0.6) is 0 Å². The second-order valence-electron chi connectivity index (χ2n) is 6.31. The Labute approximate surface area is 141 Å². The van der Waals surface area contributed by atoms with Crippen molar-refractivity contribution in [2.45, 2.75) is 25.1 Å². The molecule has 2 saturated heterocycles. The van der Waals surface area contributed by atoms with Gasteiger partial charge in [0.05, 0.1) is 31.6 Å². The number of fused-ring (bicyclic) bond motifs is 1. The molecule has 24 heavy (non-hydrogen) atoms. The highest BCUT2D eigenvalue weighted by Gasteiger charge is 2.39. The maximum absolute atomic E-state index is 12.9. The van der Waals surface area contributed by atoms with Crippen LogP contribution in [0.25, 0.3) is 0 Å². The molecule has 2 aromatic rings. The highest BCUT2D eigenvalue weighted by atomic mass is 16.5. The van der Waals surface area contributed by atoms with E-state index >= 15 is 0 Å². The van der Waals surface area contributed by atoms with Crippen LogP contribution >= 0.6 is 0 Å². The zero-order chi connectivity index (χ0) is 16.4. The van der Waals surface area contributed by atoms with Crippen LogP contribution in [0.3, 0.4) is 0 Å². The first-order chi connectivity index (χ1) is 11.8. The van der Waals surface area contributed by atoms with Crippen LogP contribution in [0.15, 0.2) is 47.3 Å². The average Bonchev–Trinajstić information content (AvgIpc) is 3.14. The lowest BCUT2D eigenvalue weighted by atomic mass is 9.97. The van der Waals surface area contributed by atoms with E-state index in [1.165, 1.54) is 0 Å². The molecular formula is C18H21N3O3. The maximum Gasteiger partial charge on any atom is 0.254 e. The molecule has 0 aromatic carbocycles. The predicted octanol–water partition coefficient (Wildman–Crippen LogP) is 1.79. The third-order valence-electron chi connectivity index (χ3n) is 4.82. The third-order valence-corrected chi connectivity index (χ3v) is 4.82. The number of piperidine rings is 1. The molecule has 2 atom stereocenters. The summed E-state index contributed by atoms with van der Waals surface area (Å²) in [6, 6.07) is 7.53. The quantitative estimate of drug-likeness (QED) is 0.860. The van der Waals surface area contributed by atoms with Gasteiger partial charge in [-0.3, -0.25) is 14.7 Å². The molecule has 126 valence electrons. The number of likely N-dealkylation sites (tertiary alicyclic amines) is 1.